The third kappa shape index (κ3) is 2.30. The summed E-state index contributed by atoms with van der Waals surface area (Å²) in [6.07, 6.45) is 1.48. The number of hydrazine groups is 1. The summed E-state index contributed by atoms with van der Waals surface area (Å²) in [6, 6.07) is 1.75. The molecule has 0 fully saturated rings. The minimum atomic E-state index is -0.401. The highest BCUT2D eigenvalue weighted by Crippen LogP contribution is 2.11. The van der Waals surface area contributed by atoms with Crippen molar-refractivity contribution >= 4 is 5.91 Å². The summed E-state index contributed by atoms with van der Waals surface area (Å²) in [5.41, 5.74) is 2.86. The smallest absolute Gasteiger partial charge is 0.301 e. The van der Waals surface area contributed by atoms with Gasteiger partial charge in [0.15, 0.2) is 5.76 Å². The van der Waals surface area contributed by atoms with Gasteiger partial charge in [0.1, 0.15) is 0 Å². The normalized spacial score (nSPS) is 10.5. The summed E-state index contributed by atoms with van der Waals surface area (Å²) in [4.78, 5) is 13.1. The van der Waals surface area contributed by atoms with Gasteiger partial charge in [-0.25, -0.2) is 5.84 Å². The number of hydrogen-bond donors (Lipinski definition) is 2. The van der Waals surface area contributed by atoms with E-state index in [1.807, 2.05) is 24.4 Å². The average Bonchev–Trinajstić information content (AvgIpc) is 2.50. The lowest BCUT2D eigenvalue weighted by Gasteiger charge is -2.08. The lowest BCUT2D eigenvalue weighted by Crippen LogP contribution is -2.30. The molecular weight excluding hydrogens is 170 g/mol. The van der Waals surface area contributed by atoms with E-state index in [-0.39, 0.29) is 5.76 Å². The van der Waals surface area contributed by atoms with Crippen molar-refractivity contribution < 1.29 is 9.21 Å². The second-order valence-corrected chi connectivity index (χ2v) is 2.99. The third-order valence-electron chi connectivity index (χ3n) is 1.57. The second-order valence-electron chi connectivity index (χ2n) is 2.99. The zero-order valence-corrected chi connectivity index (χ0v) is 7.70. The fourth-order valence-electron chi connectivity index (χ4n) is 1.07. The van der Waals surface area contributed by atoms with Gasteiger partial charge in [-0.15, -0.1) is 0 Å². The number of nitrogens with one attached hydrogen (secondary N) is 1. The van der Waals surface area contributed by atoms with Crippen molar-refractivity contribution in [1.29, 1.82) is 0 Å². The molecule has 1 amide bonds. The van der Waals surface area contributed by atoms with E-state index >= 15 is 0 Å². The van der Waals surface area contributed by atoms with Crippen LogP contribution in [0.25, 0.3) is 0 Å². The number of carbonyl (C=O) groups is 1. The molecule has 3 N–H and O–H groups in total. The first kappa shape index (κ1) is 9.76. The molecule has 5 nitrogen and oxygen atoms in total. The molecule has 0 atom stereocenters. The Kier molecular flexibility index (Phi) is 3.05. The number of nitrogens with zero attached hydrogens (tertiary/aromatic N) is 1. The van der Waals surface area contributed by atoms with E-state index in [1.165, 1.54) is 6.26 Å². The zero-order valence-electron chi connectivity index (χ0n) is 7.70. The van der Waals surface area contributed by atoms with Gasteiger partial charge in [-0.05, 0) is 20.2 Å². The molecule has 0 spiro atoms. The monoisotopic (exact) mass is 183 g/mol. The molecule has 1 aromatic heterocycles. The first-order chi connectivity index (χ1) is 6.15. The summed E-state index contributed by atoms with van der Waals surface area (Å²) < 4.78 is 5.00. The third-order valence-corrected chi connectivity index (χ3v) is 1.57. The Balaban J connectivity index is 2.83. The fraction of sp³-hybridized carbons (Fsp3) is 0.375. The number of carbonyl (C=O) groups excluding carboxylic acids is 1. The van der Waals surface area contributed by atoms with Gasteiger partial charge in [0, 0.05) is 12.1 Å². The maximum absolute atomic E-state index is 11.1. The van der Waals surface area contributed by atoms with Crippen molar-refractivity contribution in [3.8, 4) is 0 Å². The molecule has 0 unspecified atom stereocenters. The first-order valence-corrected chi connectivity index (χ1v) is 3.87. The van der Waals surface area contributed by atoms with Gasteiger partial charge < -0.3 is 9.32 Å². The molecule has 0 saturated carbocycles. The van der Waals surface area contributed by atoms with Crippen molar-refractivity contribution in [2.75, 3.05) is 14.1 Å². The van der Waals surface area contributed by atoms with Crippen LogP contribution in [0.15, 0.2) is 16.7 Å². The largest absolute Gasteiger partial charge is 0.459 e. The molecule has 0 saturated heterocycles. The predicted molar refractivity (Wildman–Crippen MR) is 47.8 cm³/mol. The van der Waals surface area contributed by atoms with E-state index in [1.54, 1.807) is 6.07 Å². The highest BCUT2D eigenvalue weighted by Gasteiger charge is 2.13. The Labute approximate surface area is 76.5 Å². The molecular formula is C8H13N3O2. The van der Waals surface area contributed by atoms with E-state index < -0.39 is 5.91 Å². The summed E-state index contributed by atoms with van der Waals surface area (Å²) >= 11 is 0. The van der Waals surface area contributed by atoms with Crippen LogP contribution in [0, 0.1) is 0 Å². The summed E-state index contributed by atoms with van der Waals surface area (Å²) in [6.45, 7) is 0.652. The van der Waals surface area contributed by atoms with Crippen LogP contribution in [0.3, 0.4) is 0 Å². The topological polar surface area (TPSA) is 71.5 Å². The zero-order chi connectivity index (χ0) is 9.84. The minimum absolute atomic E-state index is 0.274. The van der Waals surface area contributed by atoms with Crippen LogP contribution >= 0.6 is 0 Å². The number of amides is 1. The number of hydrogen-bond acceptors (Lipinski definition) is 4. The van der Waals surface area contributed by atoms with Gasteiger partial charge in [-0.2, -0.15) is 0 Å². The summed E-state index contributed by atoms with van der Waals surface area (Å²) in [7, 11) is 3.83. The Hall–Kier alpha value is -1.33. The quantitative estimate of drug-likeness (QED) is 0.391. The van der Waals surface area contributed by atoms with Crippen molar-refractivity contribution in [1.82, 2.24) is 10.3 Å². The SMILES string of the molecule is CN(C)Cc1ccoc1C(=O)NN. The molecule has 0 aliphatic rings. The van der Waals surface area contributed by atoms with E-state index in [0.717, 1.165) is 5.56 Å². The minimum Gasteiger partial charge on any atom is -0.459 e. The van der Waals surface area contributed by atoms with E-state index in [0.29, 0.717) is 6.54 Å². The lowest BCUT2D eigenvalue weighted by molar-refractivity contribution is 0.0923. The van der Waals surface area contributed by atoms with Crippen molar-refractivity contribution in [3.63, 3.8) is 0 Å². The van der Waals surface area contributed by atoms with Crippen LogP contribution in [-0.2, 0) is 6.54 Å². The van der Waals surface area contributed by atoms with Crippen molar-refractivity contribution in [2.24, 2.45) is 5.84 Å². The first-order valence-electron chi connectivity index (χ1n) is 3.87. The van der Waals surface area contributed by atoms with Crippen LogP contribution < -0.4 is 11.3 Å². The van der Waals surface area contributed by atoms with Gasteiger partial charge in [0.05, 0.1) is 6.26 Å². The van der Waals surface area contributed by atoms with Gasteiger partial charge in [0.25, 0.3) is 0 Å². The molecule has 0 aliphatic carbocycles. The molecule has 1 rings (SSSR count). The van der Waals surface area contributed by atoms with Crippen LogP contribution in [-0.4, -0.2) is 24.9 Å². The number of rotatable bonds is 3. The Morgan fingerprint density at radius 1 is 1.69 bits per heavy atom. The van der Waals surface area contributed by atoms with Gasteiger partial charge in [-0.3, -0.25) is 10.2 Å². The maximum atomic E-state index is 11.1. The van der Waals surface area contributed by atoms with Crippen LogP contribution in [0.5, 0.6) is 0 Å². The predicted octanol–water partition coefficient (Wildman–Crippen LogP) is -0.0553. The highest BCUT2D eigenvalue weighted by atomic mass is 16.3. The van der Waals surface area contributed by atoms with E-state index in [4.69, 9.17) is 10.3 Å². The standard InChI is InChI=1S/C8H13N3O2/c1-11(2)5-6-3-4-13-7(6)8(12)10-9/h3-4H,5,9H2,1-2H3,(H,10,12). The Morgan fingerprint density at radius 3 is 2.92 bits per heavy atom. The van der Waals surface area contributed by atoms with Crippen LogP contribution in [0.1, 0.15) is 16.1 Å². The Morgan fingerprint density at radius 2 is 2.38 bits per heavy atom. The maximum Gasteiger partial charge on any atom is 0.301 e. The molecule has 5 heteroatoms. The number of nitrogen functional groups attached to an aromatic ring is 1. The number of nitrogens with two attached hydrogens (primary N) is 1. The molecule has 0 bridgehead atoms. The van der Waals surface area contributed by atoms with Crippen LogP contribution in [0.2, 0.25) is 0 Å². The highest BCUT2D eigenvalue weighted by molar-refractivity contribution is 5.92. The van der Waals surface area contributed by atoms with Gasteiger partial charge in [-0.1, -0.05) is 0 Å². The summed E-state index contributed by atoms with van der Waals surface area (Å²) in [5.74, 6) is 4.86. The van der Waals surface area contributed by atoms with Crippen molar-refractivity contribution in [2.45, 2.75) is 6.54 Å². The van der Waals surface area contributed by atoms with Gasteiger partial charge in [0.2, 0.25) is 0 Å². The summed E-state index contributed by atoms with van der Waals surface area (Å²) in [5, 5.41) is 0. The average molecular weight is 183 g/mol. The fourth-order valence-corrected chi connectivity index (χ4v) is 1.07. The van der Waals surface area contributed by atoms with Crippen molar-refractivity contribution in [3.05, 3.63) is 23.7 Å². The van der Waals surface area contributed by atoms with E-state index in [9.17, 15) is 4.79 Å². The molecule has 13 heavy (non-hydrogen) atoms. The number of furan rings is 1. The molecule has 72 valence electrons. The Bertz CT molecular complexity index is 293. The molecule has 1 heterocycles. The molecule has 1 aromatic rings. The molecule has 0 aliphatic heterocycles. The molecule has 0 radical (unpaired) electrons. The van der Waals surface area contributed by atoms with Crippen LogP contribution in [0.4, 0.5) is 0 Å². The molecule has 0 aromatic carbocycles. The van der Waals surface area contributed by atoms with E-state index in [2.05, 4.69) is 0 Å². The lowest BCUT2D eigenvalue weighted by atomic mass is 10.2. The van der Waals surface area contributed by atoms with Gasteiger partial charge >= 0.3 is 5.91 Å². The second kappa shape index (κ2) is 4.06.